The number of benzene rings is 1. The van der Waals surface area contributed by atoms with Crippen molar-refractivity contribution in [1.29, 1.82) is 0 Å². The third kappa shape index (κ3) is 3.21. The van der Waals surface area contributed by atoms with Crippen molar-refractivity contribution in [2.45, 2.75) is 26.8 Å². The fraction of sp³-hybridized carbons (Fsp3) is 0.500. The van der Waals surface area contributed by atoms with Crippen LogP contribution in [-0.4, -0.2) is 48.1 Å². The van der Waals surface area contributed by atoms with Gasteiger partial charge in [-0.2, -0.15) is 0 Å². The van der Waals surface area contributed by atoms with E-state index in [1.807, 2.05) is 25.7 Å². The minimum Gasteiger partial charge on any atom is -0.465 e. The van der Waals surface area contributed by atoms with Gasteiger partial charge in [0, 0.05) is 30.9 Å². The molecule has 0 bridgehead atoms. The smallest absolute Gasteiger partial charge is 0.407 e. The van der Waals surface area contributed by atoms with Gasteiger partial charge in [-0.1, -0.05) is 20.8 Å². The zero-order chi connectivity index (χ0) is 16.5. The molecule has 120 valence electrons. The van der Waals surface area contributed by atoms with E-state index in [2.05, 4.69) is 0 Å². The summed E-state index contributed by atoms with van der Waals surface area (Å²) >= 11 is 0. The zero-order valence-corrected chi connectivity index (χ0v) is 13.0. The second kappa shape index (κ2) is 5.94. The molecule has 1 atom stereocenters. The third-order valence-electron chi connectivity index (χ3n) is 4.08. The molecular formula is C16H21FN2O3. The van der Waals surface area contributed by atoms with Crippen LogP contribution in [0.25, 0.3) is 0 Å². The van der Waals surface area contributed by atoms with Crippen LogP contribution in [0.1, 0.15) is 31.1 Å². The second-order valence-corrected chi connectivity index (χ2v) is 6.62. The van der Waals surface area contributed by atoms with Crippen LogP contribution in [0.4, 0.5) is 14.9 Å². The largest absolute Gasteiger partial charge is 0.465 e. The Balaban J connectivity index is 2.40. The van der Waals surface area contributed by atoms with Crippen LogP contribution in [0.3, 0.4) is 0 Å². The molecule has 0 saturated carbocycles. The Morgan fingerprint density at radius 1 is 1.36 bits per heavy atom. The molecular weight excluding hydrogens is 287 g/mol. The van der Waals surface area contributed by atoms with E-state index in [-0.39, 0.29) is 17.0 Å². The first-order valence-electron chi connectivity index (χ1n) is 7.23. The summed E-state index contributed by atoms with van der Waals surface area (Å²) in [6.07, 6.45) is -0.301. The number of piperazine rings is 1. The van der Waals surface area contributed by atoms with E-state index in [9.17, 15) is 19.1 Å². The van der Waals surface area contributed by atoms with Crippen molar-refractivity contribution in [2.75, 3.05) is 24.5 Å². The third-order valence-corrected chi connectivity index (χ3v) is 4.08. The van der Waals surface area contributed by atoms with Gasteiger partial charge in [-0.3, -0.25) is 4.79 Å². The van der Waals surface area contributed by atoms with Gasteiger partial charge in [-0.15, -0.1) is 0 Å². The Labute approximate surface area is 129 Å². The standard InChI is InChI=1S/C16H21FN2O3/c1-16(2,3)14-9-18(15(21)22)6-7-19(14)13-5-4-12(17)8-11(13)10-20/h4-5,8,10,14H,6-7,9H2,1-3H3,(H,21,22). The van der Waals surface area contributed by atoms with Gasteiger partial charge < -0.3 is 14.9 Å². The van der Waals surface area contributed by atoms with E-state index in [0.29, 0.717) is 31.6 Å². The molecule has 1 unspecified atom stereocenters. The van der Waals surface area contributed by atoms with Crippen molar-refractivity contribution >= 4 is 18.1 Å². The molecule has 1 aromatic rings. The molecule has 2 rings (SSSR count). The highest BCUT2D eigenvalue weighted by Gasteiger charge is 2.37. The molecule has 22 heavy (non-hydrogen) atoms. The molecule has 1 fully saturated rings. The van der Waals surface area contributed by atoms with Crippen LogP contribution in [0.5, 0.6) is 0 Å². The van der Waals surface area contributed by atoms with Crippen molar-refractivity contribution in [3.63, 3.8) is 0 Å². The number of anilines is 1. The summed E-state index contributed by atoms with van der Waals surface area (Å²) in [4.78, 5) is 25.9. The van der Waals surface area contributed by atoms with Gasteiger partial charge in [0.2, 0.25) is 0 Å². The van der Waals surface area contributed by atoms with Crippen LogP contribution >= 0.6 is 0 Å². The van der Waals surface area contributed by atoms with Gasteiger partial charge >= 0.3 is 6.09 Å². The lowest BCUT2D eigenvalue weighted by Gasteiger charge is -2.48. The summed E-state index contributed by atoms with van der Waals surface area (Å²) in [6, 6.07) is 4.03. The zero-order valence-electron chi connectivity index (χ0n) is 13.0. The number of carbonyl (C=O) groups excluding carboxylic acids is 1. The Bertz CT molecular complexity index is 583. The lowest BCUT2D eigenvalue weighted by atomic mass is 9.83. The van der Waals surface area contributed by atoms with Gasteiger partial charge in [0.25, 0.3) is 0 Å². The minimum absolute atomic E-state index is 0.0958. The Hall–Kier alpha value is -2.11. The molecule has 0 radical (unpaired) electrons. The molecule has 0 spiro atoms. The monoisotopic (exact) mass is 308 g/mol. The maximum atomic E-state index is 13.3. The highest BCUT2D eigenvalue weighted by Crippen LogP contribution is 2.33. The lowest BCUT2D eigenvalue weighted by Crippen LogP contribution is -2.59. The van der Waals surface area contributed by atoms with Crippen LogP contribution in [0.15, 0.2) is 18.2 Å². The molecule has 1 N–H and O–H groups in total. The maximum Gasteiger partial charge on any atom is 0.407 e. The second-order valence-electron chi connectivity index (χ2n) is 6.62. The van der Waals surface area contributed by atoms with E-state index in [1.54, 1.807) is 6.07 Å². The van der Waals surface area contributed by atoms with Gasteiger partial charge in [0.05, 0.1) is 6.04 Å². The number of hydrogen-bond donors (Lipinski definition) is 1. The summed E-state index contributed by atoms with van der Waals surface area (Å²) < 4.78 is 13.3. The molecule has 1 aromatic carbocycles. The number of aldehydes is 1. The summed E-state index contributed by atoms with van der Waals surface area (Å²) in [7, 11) is 0. The quantitative estimate of drug-likeness (QED) is 0.853. The average molecular weight is 308 g/mol. The number of carbonyl (C=O) groups is 2. The Kier molecular flexibility index (Phi) is 4.39. The van der Waals surface area contributed by atoms with E-state index in [4.69, 9.17) is 0 Å². The van der Waals surface area contributed by atoms with Crippen molar-refractivity contribution in [3.05, 3.63) is 29.6 Å². The molecule has 5 nitrogen and oxygen atoms in total. The van der Waals surface area contributed by atoms with Gasteiger partial charge in [-0.25, -0.2) is 9.18 Å². The predicted molar refractivity (Wildman–Crippen MR) is 82.0 cm³/mol. The highest BCUT2D eigenvalue weighted by molar-refractivity contribution is 5.85. The minimum atomic E-state index is -0.941. The number of hydrogen-bond acceptors (Lipinski definition) is 3. The number of amides is 1. The van der Waals surface area contributed by atoms with Gasteiger partial charge in [0.15, 0.2) is 6.29 Å². The molecule has 0 aromatic heterocycles. The maximum absolute atomic E-state index is 13.3. The molecule has 6 heteroatoms. The molecule has 0 aliphatic carbocycles. The summed E-state index contributed by atoms with van der Waals surface area (Å²) in [5.74, 6) is -0.456. The fourth-order valence-electron chi connectivity index (χ4n) is 2.87. The van der Waals surface area contributed by atoms with E-state index in [0.717, 1.165) is 0 Å². The number of nitrogens with zero attached hydrogens (tertiary/aromatic N) is 2. The van der Waals surface area contributed by atoms with Crippen molar-refractivity contribution in [2.24, 2.45) is 5.41 Å². The van der Waals surface area contributed by atoms with Gasteiger partial charge in [0.1, 0.15) is 5.82 Å². The first-order valence-corrected chi connectivity index (χ1v) is 7.23. The summed E-state index contributed by atoms with van der Waals surface area (Å²) in [5, 5.41) is 9.22. The van der Waals surface area contributed by atoms with E-state index < -0.39 is 11.9 Å². The molecule has 1 aliphatic heterocycles. The first-order chi connectivity index (χ1) is 10.2. The van der Waals surface area contributed by atoms with Crippen LogP contribution in [-0.2, 0) is 0 Å². The number of halogens is 1. The lowest BCUT2D eigenvalue weighted by molar-refractivity contribution is 0.111. The van der Waals surface area contributed by atoms with E-state index >= 15 is 0 Å². The van der Waals surface area contributed by atoms with Gasteiger partial charge in [-0.05, 0) is 23.6 Å². The average Bonchev–Trinajstić information content (AvgIpc) is 2.45. The molecule has 1 heterocycles. The molecule has 1 aliphatic rings. The van der Waals surface area contributed by atoms with Crippen LogP contribution < -0.4 is 4.90 Å². The van der Waals surface area contributed by atoms with Crippen molar-refractivity contribution < 1.29 is 19.1 Å². The topological polar surface area (TPSA) is 60.9 Å². The van der Waals surface area contributed by atoms with E-state index in [1.165, 1.54) is 17.0 Å². The highest BCUT2D eigenvalue weighted by atomic mass is 19.1. The normalized spacial score (nSPS) is 19.2. The number of carboxylic acid groups (broad SMARTS) is 1. The molecule has 1 amide bonds. The first kappa shape index (κ1) is 16.3. The molecule has 1 saturated heterocycles. The fourth-order valence-corrected chi connectivity index (χ4v) is 2.87. The Morgan fingerprint density at radius 2 is 2.05 bits per heavy atom. The number of rotatable bonds is 2. The van der Waals surface area contributed by atoms with Crippen molar-refractivity contribution in [1.82, 2.24) is 4.90 Å². The summed E-state index contributed by atoms with van der Waals surface area (Å²) in [5.41, 5.74) is 0.752. The predicted octanol–water partition coefficient (Wildman–Crippen LogP) is 2.85. The summed E-state index contributed by atoms with van der Waals surface area (Å²) in [6.45, 7) is 7.27. The van der Waals surface area contributed by atoms with Crippen LogP contribution in [0, 0.1) is 11.2 Å². The van der Waals surface area contributed by atoms with Crippen LogP contribution in [0.2, 0.25) is 0 Å². The van der Waals surface area contributed by atoms with Crippen molar-refractivity contribution in [3.8, 4) is 0 Å². The SMILES string of the molecule is CC(C)(C)C1CN(C(=O)O)CCN1c1ccc(F)cc1C=O. The Morgan fingerprint density at radius 3 is 2.59 bits per heavy atom.